The number of rotatable bonds is 2. The lowest BCUT2D eigenvalue weighted by Crippen LogP contribution is -2.33. The zero-order valence-electron chi connectivity index (χ0n) is 12.1. The molecule has 0 N–H and O–H groups in total. The Morgan fingerprint density at radius 3 is 2.38 bits per heavy atom. The summed E-state index contributed by atoms with van der Waals surface area (Å²) in [6, 6.07) is 13.5. The molecule has 2 atom stereocenters. The molecule has 2 aromatic rings. The monoisotopic (exact) mass is 360 g/mol. The molecule has 0 radical (unpaired) electrons. The Morgan fingerprint density at radius 1 is 0.958 bits per heavy atom. The summed E-state index contributed by atoms with van der Waals surface area (Å²) in [5, 5.41) is 4.91. The van der Waals surface area contributed by atoms with Crippen molar-refractivity contribution in [2.75, 3.05) is 4.90 Å². The summed E-state index contributed by atoms with van der Waals surface area (Å²) in [4.78, 5) is 31.8. The molecule has 1 saturated heterocycles. The minimum atomic E-state index is -0.959. The van der Waals surface area contributed by atoms with Gasteiger partial charge in [-0.1, -0.05) is 46.6 Å². The fourth-order valence-electron chi connectivity index (χ4n) is 2.91. The fourth-order valence-corrected chi connectivity index (χ4v) is 3.27. The molecule has 2 amide bonds. The summed E-state index contributed by atoms with van der Waals surface area (Å²) < 4.78 is 0. The number of hydrogen-bond donors (Lipinski definition) is 0. The molecule has 7 heteroatoms. The number of amides is 2. The maximum atomic E-state index is 12.8. The molecule has 4 rings (SSSR count). The van der Waals surface area contributed by atoms with E-state index >= 15 is 0 Å². The van der Waals surface area contributed by atoms with E-state index in [2.05, 4.69) is 5.16 Å². The number of carbonyl (C=O) groups excluding carboxylic acids is 2. The first-order valence-corrected chi connectivity index (χ1v) is 7.95. The molecule has 5 nitrogen and oxygen atoms in total. The van der Waals surface area contributed by atoms with Crippen LogP contribution in [0.5, 0.6) is 0 Å². The average Bonchev–Trinajstić information content (AvgIpc) is 3.10. The second-order valence-electron chi connectivity index (χ2n) is 5.45. The highest BCUT2D eigenvalue weighted by Crippen LogP contribution is 2.36. The first-order chi connectivity index (χ1) is 11.6. The standard InChI is InChI=1S/C17H10Cl2N2O3/c18-9-5-7-10(8-6-9)21-16(22)13-14(20-24-15(13)17(21)23)11-3-1-2-4-12(11)19/h1-8,13,15H/t13-,15-/m1/s1. The summed E-state index contributed by atoms with van der Waals surface area (Å²) >= 11 is 12.0. The third-order valence-corrected chi connectivity index (χ3v) is 4.63. The second-order valence-corrected chi connectivity index (χ2v) is 6.29. The van der Waals surface area contributed by atoms with Crippen LogP contribution in [-0.4, -0.2) is 23.6 Å². The highest BCUT2D eigenvalue weighted by Gasteiger charge is 2.56. The number of nitrogens with zero attached hydrogens (tertiary/aromatic N) is 2. The van der Waals surface area contributed by atoms with Crippen LogP contribution in [0.15, 0.2) is 53.7 Å². The molecule has 2 aliphatic heterocycles. The lowest BCUT2D eigenvalue weighted by Gasteiger charge is -2.15. The van der Waals surface area contributed by atoms with Crippen LogP contribution in [-0.2, 0) is 14.4 Å². The SMILES string of the molecule is O=C1[C@@H]2C(c3ccccc3Cl)=NO[C@H]2C(=O)N1c1ccc(Cl)cc1. The van der Waals surface area contributed by atoms with E-state index in [9.17, 15) is 9.59 Å². The van der Waals surface area contributed by atoms with Crippen LogP contribution in [0.25, 0.3) is 0 Å². The van der Waals surface area contributed by atoms with E-state index in [0.717, 1.165) is 4.90 Å². The van der Waals surface area contributed by atoms with Crippen LogP contribution < -0.4 is 4.90 Å². The lowest BCUT2D eigenvalue weighted by atomic mass is 9.94. The Kier molecular flexibility index (Phi) is 3.55. The summed E-state index contributed by atoms with van der Waals surface area (Å²) in [6.07, 6.45) is -0.959. The van der Waals surface area contributed by atoms with Crippen molar-refractivity contribution in [1.29, 1.82) is 0 Å². The highest BCUT2D eigenvalue weighted by molar-refractivity contribution is 6.38. The molecule has 0 aliphatic carbocycles. The minimum Gasteiger partial charge on any atom is -0.381 e. The van der Waals surface area contributed by atoms with Gasteiger partial charge in [0.1, 0.15) is 11.6 Å². The van der Waals surface area contributed by atoms with Gasteiger partial charge >= 0.3 is 0 Å². The third kappa shape index (κ3) is 2.20. The van der Waals surface area contributed by atoms with Gasteiger partial charge in [0, 0.05) is 15.6 Å². The van der Waals surface area contributed by atoms with E-state index in [1.807, 2.05) is 0 Å². The molecule has 2 aliphatic rings. The molecule has 120 valence electrons. The van der Waals surface area contributed by atoms with Gasteiger partial charge in [-0.25, -0.2) is 4.90 Å². The lowest BCUT2D eigenvalue weighted by molar-refractivity contribution is -0.126. The predicted molar refractivity (Wildman–Crippen MR) is 90.3 cm³/mol. The van der Waals surface area contributed by atoms with Crippen molar-refractivity contribution in [3.63, 3.8) is 0 Å². The van der Waals surface area contributed by atoms with Crippen LogP contribution in [0.4, 0.5) is 5.69 Å². The van der Waals surface area contributed by atoms with E-state index < -0.39 is 17.9 Å². The maximum Gasteiger partial charge on any atom is 0.278 e. The Balaban J connectivity index is 1.73. The Morgan fingerprint density at radius 2 is 1.67 bits per heavy atom. The van der Waals surface area contributed by atoms with Crippen molar-refractivity contribution < 1.29 is 14.4 Å². The maximum absolute atomic E-state index is 12.8. The average molecular weight is 361 g/mol. The third-order valence-electron chi connectivity index (χ3n) is 4.05. The molecule has 0 saturated carbocycles. The Bertz CT molecular complexity index is 880. The molecular weight excluding hydrogens is 351 g/mol. The zero-order chi connectivity index (χ0) is 16.8. The van der Waals surface area contributed by atoms with Crippen molar-refractivity contribution in [3.05, 3.63) is 64.1 Å². The molecule has 0 unspecified atom stereocenters. The topological polar surface area (TPSA) is 59.0 Å². The fraction of sp³-hybridized carbons (Fsp3) is 0.118. The predicted octanol–water partition coefficient (Wildman–Crippen LogP) is 3.29. The van der Waals surface area contributed by atoms with E-state index in [-0.39, 0.29) is 5.91 Å². The molecular formula is C17H10Cl2N2O3. The number of carbonyl (C=O) groups is 2. The highest BCUT2D eigenvalue weighted by atomic mass is 35.5. The van der Waals surface area contributed by atoms with E-state index in [4.69, 9.17) is 28.0 Å². The number of fused-ring (bicyclic) bond motifs is 1. The second kappa shape index (κ2) is 5.61. The van der Waals surface area contributed by atoms with Crippen molar-refractivity contribution in [1.82, 2.24) is 0 Å². The van der Waals surface area contributed by atoms with Gasteiger partial charge in [-0.05, 0) is 30.3 Å². The molecule has 1 fully saturated rings. The quantitative estimate of drug-likeness (QED) is 0.772. The van der Waals surface area contributed by atoms with Crippen molar-refractivity contribution in [2.45, 2.75) is 6.10 Å². The van der Waals surface area contributed by atoms with Crippen molar-refractivity contribution in [3.8, 4) is 0 Å². The summed E-state index contributed by atoms with van der Waals surface area (Å²) in [5.41, 5.74) is 1.41. The normalized spacial score (nSPS) is 22.4. The first kappa shape index (κ1) is 15.2. The minimum absolute atomic E-state index is 0.375. The van der Waals surface area contributed by atoms with Gasteiger partial charge in [-0.3, -0.25) is 9.59 Å². The van der Waals surface area contributed by atoms with Gasteiger partial charge in [0.2, 0.25) is 12.0 Å². The number of benzene rings is 2. The Labute approximate surface area is 147 Å². The zero-order valence-corrected chi connectivity index (χ0v) is 13.7. The first-order valence-electron chi connectivity index (χ1n) is 7.20. The van der Waals surface area contributed by atoms with Gasteiger partial charge in [0.15, 0.2) is 0 Å². The number of anilines is 1. The molecule has 0 aromatic heterocycles. The smallest absolute Gasteiger partial charge is 0.278 e. The van der Waals surface area contributed by atoms with Gasteiger partial charge < -0.3 is 4.84 Å². The number of imide groups is 1. The van der Waals surface area contributed by atoms with E-state index in [1.165, 1.54) is 0 Å². The van der Waals surface area contributed by atoms with E-state index in [0.29, 0.717) is 27.0 Å². The van der Waals surface area contributed by atoms with Gasteiger partial charge in [0.05, 0.1) is 5.69 Å². The molecule has 0 spiro atoms. The summed E-state index contributed by atoms with van der Waals surface area (Å²) in [6.45, 7) is 0. The van der Waals surface area contributed by atoms with Crippen LogP contribution in [0, 0.1) is 5.92 Å². The molecule has 24 heavy (non-hydrogen) atoms. The van der Waals surface area contributed by atoms with Gasteiger partial charge in [-0.2, -0.15) is 0 Å². The number of oxime groups is 1. The van der Waals surface area contributed by atoms with Crippen LogP contribution in [0.1, 0.15) is 5.56 Å². The Hall–Kier alpha value is -2.37. The molecule has 2 aromatic carbocycles. The van der Waals surface area contributed by atoms with Crippen LogP contribution in [0.3, 0.4) is 0 Å². The molecule has 0 bridgehead atoms. The molecule has 2 heterocycles. The van der Waals surface area contributed by atoms with Crippen molar-refractivity contribution in [2.24, 2.45) is 11.1 Å². The van der Waals surface area contributed by atoms with Crippen molar-refractivity contribution >= 4 is 46.4 Å². The van der Waals surface area contributed by atoms with Gasteiger partial charge in [0.25, 0.3) is 5.91 Å². The van der Waals surface area contributed by atoms with E-state index in [1.54, 1.807) is 48.5 Å². The number of hydrogen-bond acceptors (Lipinski definition) is 4. The summed E-state index contributed by atoms with van der Waals surface area (Å²) in [7, 11) is 0. The number of halogens is 2. The van der Waals surface area contributed by atoms with Crippen LogP contribution in [0.2, 0.25) is 10.0 Å². The van der Waals surface area contributed by atoms with Gasteiger partial charge in [-0.15, -0.1) is 0 Å². The summed E-state index contributed by atoms with van der Waals surface area (Å²) in [5.74, 6) is -1.63. The van der Waals surface area contributed by atoms with Crippen LogP contribution >= 0.6 is 23.2 Å². The largest absolute Gasteiger partial charge is 0.381 e.